The van der Waals surface area contributed by atoms with Gasteiger partial charge in [0.2, 0.25) is 0 Å². The van der Waals surface area contributed by atoms with Gasteiger partial charge >= 0.3 is 24.1 Å². The molecule has 0 radical (unpaired) electrons. The van der Waals surface area contributed by atoms with Crippen molar-refractivity contribution in [1.82, 2.24) is 10.6 Å². The number of esters is 2. The SMILES string of the molecule is C=C(C)C(=O)OCCOC(=O)NCCC(C)CC(C)(C)CNC(=O)OCCOC(=O)C(C)C. The molecule has 10 nitrogen and oxygen atoms in total. The molecule has 2 N–H and O–H groups in total. The topological polar surface area (TPSA) is 129 Å². The van der Waals surface area contributed by atoms with Gasteiger partial charge in [0.1, 0.15) is 26.4 Å². The maximum Gasteiger partial charge on any atom is 0.407 e. The van der Waals surface area contributed by atoms with E-state index in [2.05, 4.69) is 24.1 Å². The summed E-state index contributed by atoms with van der Waals surface area (Å²) in [5.41, 5.74) is 0.101. The van der Waals surface area contributed by atoms with Gasteiger partial charge in [0.15, 0.2) is 0 Å². The zero-order chi connectivity index (χ0) is 25.4. The third-order valence-corrected chi connectivity index (χ3v) is 4.45. The van der Waals surface area contributed by atoms with Crippen LogP contribution in [0.2, 0.25) is 0 Å². The Labute approximate surface area is 196 Å². The zero-order valence-electron chi connectivity index (χ0n) is 20.8. The molecule has 0 aliphatic heterocycles. The van der Waals surface area contributed by atoms with E-state index < -0.39 is 18.2 Å². The second-order valence-corrected chi connectivity index (χ2v) is 9.05. The van der Waals surface area contributed by atoms with E-state index in [0.29, 0.717) is 13.1 Å². The molecule has 0 saturated carbocycles. The van der Waals surface area contributed by atoms with Crippen LogP contribution in [0.1, 0.15) is 54.4 Å². The molecule has 2 amide bonds. The van der Waals surface area contributed by atoms with Crippen molar-refractivity contribution in [2.45, 2.75) is 54.4 Å². The van der Waals surface area contributed by atoms with Gasteiger partial charge in [0.05, 0.1) is 5.92 Å². The molecule has 0 aromatic heterocycles. The van der Waals surface area contributed by atoms with Crippen molar-refractivity contribution in [2.75, 3.05) is 39.5 Å². The molecule has 1 atom stereocenters. The van der Waals surface area contributed by atoms with Crippen LogP contribution >= 0.6 is 0 Å². The third kappa shape index (κ3) is 16.5. The van der Waals surface area contributed by atoms with E-state index in [1.165, 1.54) is 6.92 Å². The summed E-state index contributed by atoms with van der Waals surface area (Å²) in [7, 11) is 0. The summed E-state index contributed by atoms with van der Waals surface area (Å²) in [6.45, 7) is 15.4. The Hall–Kier alpha value is -2.78. The fraction of sp³-hybridized carbons (Fsp3) is 0.739. The van der Waals surface area contributed by atoms with E-state index in [1.54, 1.807) is 13.8 Å². The molecular formula is C23H40N2O8. The third-order valence-electron chi connectivity index (χ3n) is 4.45. The summed E-state index contributed by atoms with van der Waals surface area (Å²) in [5.74, 6) is -0.794. The lowest BCUT2D eigenvalue weighted by atomic mass is 9.82. The van der Waals surface area contributed by atoms with Gasteiger partial charge in [-0.3, -0.25) is 4.79 Å². The van der Waals surface area contributed by atoms with Crippen LogP contribution in [0.25, 0.3) is 0 Å². The number of ether oxygens (including phenoxy) is 4. The van der Waals surface area contributed by atoms with Gasteiger partial charge in [-0.25, -0.2) is 14.4 Å². The van der Waals surface area contributed by atoms with Gasteiger partial charge < -0.3 is 29.6 Å². The van der Waals surface area contributed by atoms with Crippen LogP contribution < -0.4 is 10.6 Å². The van der Waals surface area contributed by atoms with Gasteiger partial charge in [0.25, 0.3) is 0 Å². The van der Waals surface area contributed by atoms with Crippen molar-refractivity contribution in [3.63, 3.8) is 0 Å². The Balaban J connectivity index is 3.95. The van der Waals surface area contributed by atoms with Crippen molar-refractivity contribution < 1.29 is 38.1 Å². The smallest absolute Gasteiger partial charge is 0.407 e. The first-order valence-corrected chi connectivity index (χ1v) is 11.1. The normalized spacial score (nSPS) is 11.8. The number of carbonyl (C=O) groups excluding carboxylic acids is 4. The monoisotopic (exact) mass is 472 g/mol. The van der Waals surface area contributed by atoms with Crippen LogP contribution in [0, 0.1) is 17.3 Å². The largest absolute Gasteiger partial charge is 0.462 e. The minimum Gasteiger partial charge on any atom is -0.462 e. The van der Waals surface area contributed by atoms with E-state index in [0.717, 1.165) is 12.8 Å². The second kappa shape index (κ2) is 15.9. The molecule has 190 valence electrons. The highest BCUT2D eigenvalue weighted by atomic mass is 16.6. The highest BCUT2D eigenvalue weighted by Crippen LogP contribution is 2.26. The summed E-state index contributed by atoms with van der Waals surface area (Å²) < 4.78 is 19.7. The number of hydrogen-bond donors (Lipinski definition) is 2. The fourth-order valence-corrected chi connectivity index (χ4v) is 2.79. The van der Waals surface area contributed by atoms with E-state index in [9.17, 15) is 19.2 Å². The van der Waals surface area contributed by atoms with Crippen molar-refractivity contribution >= 4 is 24.1 Å². The number of alkyl carbamates (subject to hydrolysis) is 2. The van der Waals surface area contributed by atoms with Crippen molar-refractivity contribution in [1.29, 1.82) is 0 Å². The molecule has 0 bridgehead atoms. The molecule has 0 rings (SSSR count). The number of nitrogens with one attached hydrogen (secondary N) is 2. The van der Waals surface area contributed by atoms with Gasteiger partial charge in [-0.1, -0.05) is 41.2 Å². The lowest BCUT2D eigenvalue weighted by Crippen LogP contribution is -2.36. The Kier molecular flexibility index (Phi) is 14.6. The van der Waals surface area contributed by atoms with Crippen LogP contribution in [0.5, 0.6) is 0 Å². The van der Waals surface area contributed by atoms with Gasteiger partial charge in [-0.15, -0.1) is 0 Å². The minimum absolute atomic E-state index is 0.000771. The second-order valence-electron chi connectivity index (χ2n) is 9.05. The summed E-state index contributed by atoms with van der Waals surface area (Å²) in [5, 5.41) is 5.38. The van der Waals surface area contributed by atoms with Crippen molar-refractivity contribution in [3.05, 3.63) is 12.2 Å². The molecule has 0 aliphatic carbocycles. The Morgan fingerprint density at radius 3 is 1.91 bits per heavy atom. The average Bonchev–Trinajstić information content (AvgIpc) is 2.71. The first-order chi connectivity index (χ1) is 15.3. The zero-order valence-corrected chi connectivity index (χ0v) is 20.8. The van der Waals surface area contributed by atoms with Crippen molar-refractivity contribution in [3.8, 4) is 0 Å². The maximum absolute atomic E-state index is 11.8. The Bertz CT molecular complexity index is 661. The quantitative estimate of drug-likeness (QED) is 0.161. The summed E-state index contributed by atoms with van der Waals surface area (Å²) in [6.07, 6.45) is 0.410. The number of amides is 2. The van der Waals surface area contributed by atoms with E-state index in [4.69, 9.17) is 18.9 Å². The van der Waals surface area contributed by atoms with Crippen LogP contribution in [0.3, 0.4) is 0 Å². The lowest BCUT2D eigenvalue weighted by Gasteiger charge is -2.28. The molecule has 0 aliphatic rings. The Morgan fingerprint density at radius 2 is 1.36 bits per heavy atom. The molecule has 0 saturated heterocycles. The maximum atomic E-state index is 11.8. The highest BCUT2D eigenvalue weighted by Gasteiger charge is 2.22. The predicted molar refractivity (Wildman–Crippen MR) is 122 cm³/mol. The molecule has 0 aromatic carbocycles. The van der Waals surface area contributed by atoms with Crippen molar-refractivity contribution in [2.24, 2.45) is 17.3 Å². The summed E-state index contributed by atoms with van der Waals surface area (Å²) in [6, 6.07) is 0. The first kappa shape index (κ1) is 30.2. The van der Waals surface area contributed by atoms with Gasteiger partial charge in [-0.05, 0) is 31.1 Å². The van der Waals surface area contributed by atoms with Gasteiger partial charge in [-0.2, -0.15) is 0 Å². The fourth-order valence-electron chi connectivity index (χ4n) is 2.79. The van der Waals surface area contributed by atoms with E-state index >= 15 is 0 Å². The van der Waals surface area contributed by atoms with E-state index in [1.807, 2.05) is 13.8 Å². The summed E-state index contributed by atoms with van der Waals surface area (Å²) >= 11 is 0. The summed E-state index contributed by atoms with van der Waals surface area (Å²) in [4.78, 5) is 46.0. The minimum atomic E-state index is -0.573. The average molecular weight is 473 g/mol. The highest BCUT2D eigenvalue weighted by molar-refractivity contribution is 5.86. The standard InChI is InChI=1S/C23H40N2O8/c1-16(2)19(26)30-10-12-32-21(28)24-9-8-18(5)14-23(6,7)15-25-22(29)33-13-11-31-20(27)17(3)4/h17-18H,1,8-15H2,2-7H3,(H,24,28)(H,25,29). The molecule has 0 heterocycles. The van der Waals surface area contributed by atoms with E-state index in [-0.39, 0.29) is 55.2 Å². The van der Waals surface area contributed by atoms with Gasteiger partial charge in [0, 0.05) is 18.7 Å². The number of rotatable bonds is 15. The molecule has 10 heteroatoms. The molecule has 0 fully saturated rings. The van der Waals surface area contributed by atoms with Crippen LogP contribution in [0.4, 0.5) is 9.59 Å². The lowest BCUT2D eigenvalue weighted by molar-refractivity contribution is -0.148. The Morgan fingerprint density at radius 1 is 0.848 bits per heavy atom. The number of carbonyl (C=O) groups is 4. The first-order valence-electron chi connectivity index (χ1n) is 11.1. The molecule has 0 aromatic rings. The predicted octanol–water partition coefficient (Wildman–Crippen LogP) is 3.20. The van der Waals surface area contributed by atoms with Crippen LogP contribution in [0.15, 0.2) is 12.2 Å². The number of hydrogen-bond acceptors (Lipinski definition) is 8. The van der Waals surface area contributed by atoms with Crippen LogP contribution in [-0.4, -0.2) is 63.6 Å². The molecule has 1 unspecified atom stereocenters. The molecule has 0 spiro atoms. The van der Waals surface area contributed by atoms with Crippen LogP contribution in [-0.2, 0) is 28.5 Å². The molecule has 33 heavy (non-hydrogen) atoms. The molecular weight excluding hydrogens is 432 g/mol.